The number of fused-ring (bicyclic) bond motifs is 2. The summed E-state index contributed by atoms with van der Waals surface area (Å²) < 4.78 is 11.3. The highest BCUT2D eigenvalue weighted by molar-refractivity contribution is 6.30. The van der Waals surface area contributed by atoms with Crippen LogP contribution in [0.2, 0.25) is 5.02 Å². The average molecular weight is 475 g/mol. The maximum Gasteiger partial charge on any atom is 0.291 e. The summed E-state index contributed by atoms with van der Waals surface area (Å²) in [5.41, 5.74) is 7.11. The van der Waals surface area contributed by atoms with Crippen LogP contribution < -0.4 is 15.9 Å². The van der Waals surface area contributed by atoms with Crippen LogP contribution in [-0.4, -0.2) is 23.3 Å². The van der Waals surface area contributed by atoms with Gasteiger partial charge in [-0.1, -0.05) is 48.0 Å². The number of rotatable bonds is 6. The molecule has 0 bridgehead atoms. The van der Waals surface area contributed by atoms with E-state index in [2.05, 4.69) is 0 Å². The van der Waals surface area contributed by atoms with E-state index < -0.39 is 11.9 Å². The van der Waals surface area contributed by atoms with E-state index in [1.54, 1.807) is 65.6 Å². The number of ether oxygens (including phenoxy) is 1. The molecule has 2 heterocycles. The van der Waals surface area contributed by atoms with Gasteiger partial charge < -0.3 is 19.8 Å². The number of halogens is 1. The van der Waals surface area contributed by atoms with Crippen LogP contribution in [0.3, 0.4) is 0 Å². The number of benzene rings is 3. The molecule has 0 saturated carbocycles. The fourth-order valence-electron chi connectivity index (χ4n) is 4.16. The average Bonchev–Trinajstić information content (AvgIpc) is 3.11. The zero-order valence-electron chi connectivity index (χ0n) is 17.9. The number of carbonyl (C=O) groups excluding carboxylic acids is 2. The van der Waals surface area contributed by atoms with Gasteiger partial charge in [-0.05, 0) is 47.5 Å². The summed E-state index contributed by atoms with van der Waals surface area (Å²) in [5, 5.41) is 1.000. The number of hydrogen-bond acceptors (Lipinski definition) is 5. The van der Waals surface area contributed by atoms with Gasteiger partial charge in [0.15, 0.2) is 12.0 Å². The van der Waals surface area contributed by atoms with Gasteiger partial charge in [0.25, 0.3) is 11.8 Å². The van der Waals surface area contributed by atoms with Crippen LogP contribution in [0.5, 0.6) is 5.75 Å². The number of nitrogens with zero attached hydrogens (tertiary/aromatic N) is 1. The Balaban J connectivity index is 1.61. The van der Waals surface area contributed by atoms with Crippen LogP contribution >= 0.6 is 11.6 Å². The highest BCUT2D eigenvalue weighted by Gasteiger charge is 2.42. The molecular formula is C26H19ClN2O5. The van der Waals surface area contributed by atoms with Gasteiger partial charge in [-0.3, -0.25) is 14.4 Å². The van der Waals surface area contributed by atoms with Crippen LogP contribution in [0.15, 0.2) is 82.0 Å². The van der Waals surface area contributed by atoms with Crippen molar-refractivity contribution < 1.29 is 18.7 Å². The summed E-state index contributed by atoms with van der Waals surface area (Å²) in [4.78, 5) is 39.6. The van der Waals surface area contributed by atoms with E-state index in [-0.39, 0.29) is 30.2 Å². The van der Waals surface area contributed by atoms with Crippen molar-refractivity contribution in [3.05, 3.63) is 110 Å². The molecule has 5 rings (SSSR count). The van der Waals surface area contributed by atoms with Gasteiger partial charge in [-0.25, -0.2) is 0 Å². The molecule has 0 fully saturated rings. The van der Waals surface area contributed by atoms with Crippen molar-refractivity contribution in [1.82, 2.24) is 4.90 Å². The molecule has 0 aliphatic carbocycles. The first-order valence-corrected chi connectivity index (χ1v) is 10.9. The Labute approximate surface area is 199 Å². The monoisotopic (exact) mass is 474 g/mol. The van der Waals surface area contributed by atoms with E-state index in [0.29, 0.717) is 32.9 Å². The van der Waals surface area contributed by atoms with Crippen molar-refractivity contribution in [1.29, 1.82) is 0 Å². The molecule has 1 aliphatic rings. The molecule has 2 N–H and O–H groups in total. The highest BCUT2D eigenvalue weighted by Crippen LogP contribution is 2.39. The number of para-hydroxylation sites is 1. The Morgan fingerprint density at radius 1 is 1.00 bits per heavy atom. The van der Waals surface area contributed by atoms with Crippen molar-refractivity contribution in [2.24, 2.45) is 5.73 Å². The molecule has 0 saturated heterocycles. The predicted octanol–water partition coefficient (Wildman–Crippen LogP) is 4.06. The maximum atomic E-state index is 13.5. The molecule has 1 aliphatic heterocycles. The molecule has 4 aromatic rings. The molecule has 7 nitrogen and oxygen atoms in total. The molecule has 0 radical (unpaired) electrons. The largest absolute Gasteiger partial charge is 0.484 e. The zero-order valence-corrected chi connectivity index (χ0v) is 18.6. The van der Waals surface area contributed by atoms with E-state index in [9.17, 15) is 14.4 Å². The lowest BCUT2D eigenvalue weighted by atomic mass is 9.98. The van der Waals surface area contributed by atoms with Crippen LogP contribution in [0.1, 0.15) is 33.3 Å². The van der Waals surface area contributed by atoms with Gasteiger partial charge in [0, 0.05) is 11.6 Å². The number of nitrogens with two attached hydrogens (primary N) is 1. The number of primary amides is 1. The van der Waals surface area contributed by atoms with Gasteiger partial charge in [-0.2, -0.15) is 0 Å². The number of amides is 2. The van der Waals surface area contributed by atoms with E-state index in [1.165, 1.54) is 0 Å². The molecule has 1 unspecified atom stereocenters. The fraction of sp³-hybridized carbons (Fsp3) is 0.115. The van der Waals surface area contributed by atoms with Crippen molar-refractivity contribution in [3.8, 4) is 5.75 Å². The normalized spacial score (nSPS) is 14.9. The third-order valence-corrected chi connectivity index (χ3v) is 5.97. The fourth-order valence-corrected chi connectivity index (χ4v) is 4.29. The van der Waals surface area contributed by atoms with Gasteiger partial charge in [0.1, 0.15) is 11.3 Å². The molecule has 0 spiro atoms. The lowest BCUT2D eigenvalue weighted by molar-refractivity contribution is -0.119. The second-order valence-electron chi connectivity index (χ2n) is 7.96. The van der Waals surface area contributed by atoms with Gasteiger partial charge >= 0.3 is 0 Å². The first-order chi connectivity index (χ1) is 16.4. The predicted molar refractivity (Wildman–Crippen MR) is 127 cm³/mol. The van der Waals surface area contributed by atoms with Crippen molar-refractivity contribution in [2.45, 2.75) is 12.6 Å². The number of carbonyl (C=O) groups is 2. The third-order valence-electron chi connectivity index (χ3n) is 5.72. The molecule has 1 atom stereocenters. The minimum atomic E-state index is -0.663. The molecule has 3 aromatic carbocycles. The summed E-state index contributed by atoms with van der Waals surface area (Å²) >= 11 is 6.02. The SMILES string of the molecule is NC(=O)COc1ccc(C2c3c(oc4ccccc4c3=O)C(=O)N2Cc2ccc(Cl)cc2)cc1. The molecular weight excluding hydrogens is 456 g/mol. The van der Waals surface area contributed by atoms with E-state index in [4.69, 9.17) is 26.5 Å². The van der Waals surface area contributed by atoms with E-state index in [1.807, 2.05) is 12.1 Å². The first kappa shape index (κ1) is 21.7. The first-order valence-electron chi connectivity index (χ1n) is 10.5. The Hall–Kier alpha value is -4.10. The van der Waals surface area contributed by atoms with Gasteiger partial charge in [0.2, 0.25) is 5.76 Å². The topological polar surface area (TPSA) is 103 Å². The van der Waals surface area contributed by atoms with Crippen LogP contribution in [0.4, 0.5) is 0 Å². The third kappa shape index (κ3) is 3.91. The second-order valence-corrected chi connectivity index (χ2v) is 8.39. The standard InChI is InChI=1S/C26H19ClN2O5/c27-17-9-5-15(6-10-17)13-29-23(16-7-11-18(12-8-16)33-14-21(28)30)22-24(31)19-3-1-2-4-20(19)34-25(22)26(29)32/h1-12,23H,13-14H2,(H2,28,30). The molecule has 170 valence electrons. The Bertz CT molecular complexity index is 1460. The van der Waals surface area contributed by atoms with Crippen molar-refractivity contribution in [3.63, 3.8) is 0 Å². The number of hydrogen-bond donors (Lipinski definition) is 1. The van der Waals surface area contributed by atoms with Crippen LogP contribution in [-0.2, 0) is 11.3 Å². The Morgan fingerprint density at radius 3 is 2.41 bits per heavy atom. The summed E-state index contributed by atoms with van der Waals surface area (Å²) in [5.74, 6) is -0.469. The summed E-state index contributed by atoms with van der Waals surface area (Å²) in [6, 6.07) is 20.2. The highest BCUT2D eigenvalue weighted by atomic mass is 35.5. The van der Waals surface area contributed by atoms with Crippen LogP contribution in [0, 0.1) is 0 Å². The maximum absolute atomic E-state index is 13.5. The van der Waals surface area contributed by atoms with Crippen molar-refractivity contribution in [2.75, 3.05) is 6.61 Å². The van der Waals surface area contributed by atoms with E-state index in [0.717, 1.165) is 5.56 Å². The molecule has 34 heavy (non-hydrogen) atoms. The van der Waals surface area contributed by atoms with Gasteiger partial charge in [0.05, 0.1) is 17.0 Å². The Morgan fingerprint density at radius 2 is 1.71 bits per heavy atom. The summed E-state index contributed by atoms with van der Waals surface area (Å²) in [6.45, 7) is 0.00292. The van der Waals surface area contributed by atoms with E-state index >= 15 is 0 Å². The zero-order chi connectivity index (χ0) is 23.8. The summed E-state index contributed by atoms with van der Waals surface area (Å²) in [7, 11) is 0. The minimum absolute atomic E-state index is 0.0386. The van der Waals surface area contributed by atoms with Gasteiger partial charge in [-0.15, -0.1) is 0 Å². The van der Waals surface area contributed by atoms with Crippen molar-refractivity contribution >= 4 is 34.4 Å². The van der Waals surface area contributed by atoms with Crippen LogP contribution in [0.25, 0.3) is 11.0 Å². The quantitative estimate of drug-likeness (QED) is 0.454. The molecule has 2 amide bonds. The molecule has 8 heteroatoms. The Kier molecular flexibility index (Phi) is 5.55. The minimum Gasteiger partial charge on any atom is -0.484 e. The lowest BCUT2D eigenvalue weighted by Gasteiger charge is -2.25. The smallest absolute Gasteiger partial charge is 0.291 e. The second kappa shape index (κ2) is 8.68. The molecule has 1 aromatic heterocycles. The lowest BCUT2D eigenvalue weighted by Crippen LogP contribution is -2.29. The summed E-state index contributed by atoms with van der Waals surface area (Å²) in [6.07, 6.45) is 0.